The minimum atomic E-state index is -0.285. The molecule has 0 atom stereocenters. The van der Waals surface area contributed by atoms with E-state index in [2.05, 4.69) is 5.16 Å². The summed E-state index contributed by atoms with van der Waals surface area (Å²) in [6.45, 7) is 3.51. The van der Waals surface area contributed by atoms with Crippen molar-refractivity contribution in [2.24, 2.45) is 5.16 Å². The Bertz CT molecular complexity index is 377. The highest BCUT2D eigenvalue weighted by atomic mass is 35.5. The third-order valence-corrected chi connectivity index (χ3v) is 2.38. The molecule has 1 rings (SSSR count). The maximum absolute atomic E-state index is 13.6. The fraction of sp³-hybridized carbons (Fsp3) is 0.300. The Balaban J connectivity index is 3.38. The van der Waals surface area contributed by atoms with Gasteiger partial charge in [-0.25, -0.2) is 4.39 Å². The smallest absolute Gasteiger partial charge is 0.175 e. The fourth-order valence-corrected chi connectivity index (χ4v) is 1.51. The number of halogens is 2. The second-order valence-corrected chi connectivity index (χ2v) is 3.32. The van der Waals surface area contributed by atoms with E-state index in [9.17, 15) is 4.39 Å². The summed E-state index contributed by atoms with van der Waals surface area (Å²) in [5.41, 5.74) is 1.49. The van der Waals surface area contributed by atoms with Crippen molar-refractivity contribution in [3.8, 4) is 0 Å². The normalized spacial score (nSPS) is 11.9. The van der Waals surface area contributed by atoms with Crippen LogP contribution in [0.3, 0.4) is 0 Å². The van der Waals surface area contributed by atoms with Crippen molar-refractivity contribution in [1.82, 2.24) is 0 Å². The van der Waals surface area contributed by atoms with Crippen molar-refractivity contribution < 1.29 is 9.60 Å². The molecule has 4 heteroatoms. The topological polar surface area (TPSA) is 32.6 Å². The van der Waals surface area contributed by atoms with E-state index >= 15 is 0 Å². The highest BCUT2D eigenvalue weighted by molar-refractivity contribution is 6.69. The van der Waals surface area contributed by atoms with E-state index < -0.39 is 0 Å². The summed E-state index contributed by atoms with van der Waals surface area (Å²) < 4.78 is 13.6. The summed E-state index contributed by atoms with van der Waals surface area (Å²) >= 11 is 5.63. The minimum Gasteiger partial charge on any atom is -0.410 e. The molecule has 0 unspecified atom stereocenters. The monoisotopic (exact) mass is 215 g/mol. The van der Waals surface area contributed by atoms with E-state index in [1.807, 2.05) is 6.92 Å². The molecule has 1 aromatic rings. The molecule has 0 fully saturated rings. The molecule has 76 valence electrons. The molecule has 0 amide bonds. The summed E-state index contributed by atoms with van der Waals surface area (Å²) in [5, 5.41) is 11.3. The van der Waals surface area contributed by atoms with Gasteiger partial charge in [-0.3, -0.25) is 0 Å². The second-order valence-electron chi connectivity index (χ2n) is 2.97. The van der Waals surface area contributed by atoms with Crippen LogP contribution in [-0.2, 0) is 6.42 Å². The van der Waals surface area contributed by atoms with Gasteiger partial charge in [-0.1, -0.05) is 35.8 Å². The molecule has 0 aromatic heterocycles. The average Bonchev–Trinajstić information content (AvgIpc) is 2.20. The number of nitrogens with zero attached hydrogens (tertiary/aromatic N) is 1. The molecule has 0 radical (unpaired) electrons. The van der Waals surface area contributed by atoms with Crippen molar-refractivity contribution >= 4 is 16.8 Å². The summed E-state index contributed by atoms with van der Waals surface area (Å²) in [6, 6.07) is 3.26. The van der Waals surface area contributed by atoms with Crippen LogP contribution in [0.25, 0.3) is 0 Å². The lowest BCUT2D eigenvalue weighted by molar-refractivity contribution is 0.320. The molecule has 0 bridgehead atoms. The van der Waals surface area contributed by atoms with Crippen LogP contribution in [0.1, 0.15) is 23.6 Å². The van der Waals surface area contributed by atoms with E-state index in [1.165, 1.54) is 0 Å². The highest BCUT2D eigenvalue weighted by Crippen LogP contribution is 2.20. The van der Waals surface area contributed by atoms with Crippen LogP contribution >= 0.6 is 11.6 Å². The highest BCUT2D eigenvalue weighted by Gasteiger charge is 2.12. The van der Waals surface area contributed by atoms with Gasteiger partial charge in [0.05, 0.1) is 0 Å². The average molecular weight is 216 g/mol. The Kier molecular flexibility index (Phi) is 3.47. The SMILES string of the molecule is CCc1c(/C(Cl)=N\O)ccc(C)c1F. The Labute approximate surface area is 87.0 Å². The number of oxime groups is 1. The first kappa shape index (κ1) is 11.0. The van der Waals surface area contributed by atoms with Crippen LogP contribution < -0.4 is 0 Å². The van der Waals surface area contributed by atoms with Crippen molar-refractivity contribution in [3.63, 3.8) is 0 Å². The predicted octanol–water partition coefficient (Wildman–Crippen LogP) is 3.07. The standard InChI is InChI=1S/C10H11ClFNO/c1-3-7-8(10(11)13-14)5-4-6(2)9(7)12/h4-5,14H,3H2,1-2H3/b13-10+. The van der Waals surface area contributed by atoms with Crippen LogP contribution in [0.4, 0.5) is 4.39 Å². The lowest BCUT2D eigenvalue weighted by Gasteiger charge is -2.08. The molecule has 0 aliphatic carbocycles. The number of benzene rings is 1. The van der Waals surface area contributed by atoms with Gasteiger partial charge in [-0.2, -0.15) is 0 Å². The summed E-state index contributed by atoms with van der Waals surface area (Å²) in [5.74, 6) is -0.285. The van der Waals surface area contributed by atoms with E-state index in [-0.39, 0.29) is 11.0 Å². The van der Waals surface area contributed by atoms with Gasteiger partial charge in [0, 0.05) is 5.56 Å². The molecule has 2 nitrogen and oxygen atoms in total. The molecule has 1 N–H and O–H groups in total. The zero-order valence-electron chi connectivity index (χ0n) is 8.01. The molecule has 0 spiro atoms. The Morgan fingerprint density at radius 3 is 2.71 bits per heavy atom. The van der Waals surface area contributed by atoms with Gasteiger partial charge >= 0.3 is 0 Å². The van der Waals surface area contributed by atoms with Gasteiger partial charge in [0.15, 0.2) is 5.17 Å². The van der Waals surface area contributed by atoms with Gasteiger partial charge in [0.1, 0.15) is 5.82 Å². The molecule has 0 aliphatic rings. The summed E-state index contributed by atoms with van der Waals surface area (Å²) in [6.07, 6.45) is 0.509. The second kappa shape index (κ2) is 4.42. The van der Waals surface area contributed by atoms with Gasteiger partial charge in [0.25, 0.3) is 0 Å². The maximum atomic E-state index is 13.6. The minimum absolute atomic E-state index is 0.0826. The van der Waals surface area contributed by atoms with Crippen molar-refractivity contribution in [2.75, 3.05) is 0 Å². The van der Waals surface area contributed by atoms with Crippen LogP contribution in [-0.4, -0.2) is 10.4 Å². The zero-order chi connectivity index (χ0) is 10.7. The number of hydrogen-bond donors (Lipinski definition) is 1. The van der Waals surface area contributed by atoms with E-state index in [1.54, 1.807) is 19.1 Å². The molecule has 1 aromatic carbocycles. The third-order valence-electron chi connectivity index (χ3n) is 2.10. The quantitative estimate of drug-likeness (QED) is 0.459. The van der Waals surface area contributed by atoms with E-state index in [0.717, 1.165) is 0 Å². The lowest BCUT2D eigenvalue weighted by Crippen LogP contribution is -2.02. The first-order valence-corrected chi connectivity index (χ1v) is 4.65. The Morgan fingerprint density at radius 1 is 1.57 bits per heavy atom. The molecular formula is C10H11ClFNO. The van der Waals surface area contributed by atoms with Gasteiger partial charge in [0.2, 0.25) is 0 Å². The van der Waals surface area contributed by atoms with E-state index in [4.69, 9.17) is 16.8 Å². The van der Waals surface area contributed by atoms with Gasteiger partial charge < -0.3 is 5.21 Å². The summed E-state index contributed by atoms with van der Waals surface area (Å²) in [4.78, 5) is 0. The Hall–Kier alpha value is -1.09. The van der Waals surface area contributed by atoms with E-state index in [0.29, 0.717) is 23.1 Å². The number of hydrogen-bond acceptors (Lipinski definition) is 2. The third kappa shape index (κ3) is 1.87. The molecule has 0 saturated heterocycles. The number of aryl methyl sites for hydroxylation is 1. The van der Waals surface area contributed by atoms with Crippen LogP contribution in [0.15, 0.2) is 17.3 Å². The van der Waals surface area contributed by atoms with Crippen LogP contribution in [0.2, 0.25) is 0 Å². The van der Waals surface area contributed by atoms with Crippen molar-refractivity contribution in [1.29, 1.82) is 0 Å². The Morgan fingerprint density at radius 2 is 2.21 bits per heavy atom. The lowest BCUT2D eigenvalue weighted by atomic mass is 10.0. The molecule has 0 saturated carbocycles. The fourth-order valence-electron chi connectivity index (χ4n) is 1.33. The first-order chi connectivity index (χ1) is 6.61. The molecule has 0 heterocycles. The van der Waals surface area contributed by atoms with Gasteiger partial charge in [-0.05, 0) is 24.5 Å². The van der Waals surface area contributed by atoms with Crippen molar-refractivity contribution in [2.45, 2.75) is 20.3 Å². The predicted molar refractivity (Wildman–Crippen MR) is 54.7 cm³/mol. The van der Waals surface area contributed by atoms with Crippen molar-refractivity contribution in [3.05, 3.63) is 34.6 Å². The largest absolute Gasteiger partial charge is 0.410 e. The number of rotatable bonds is 2. The molecule has 0 aliphatic heterocycles. The maximum Gasteiger partial charge on any atom is 0.175 e. The van der Waals surface area contributed by atoms with Crippen LogP contribution in [0.5, 0.6) is 0 Å². The first-order valence-electron chi connectivity index (χ1n) is 4.27. The molecule has 14 heavy (non-hydrogen) atoms. The molecular weight excluding hydrogens is 205 g/mol. The zero-order valence-corrected chi connectivity index (χ0v) is 8.77. The van der Waals surface area contributed by atoms with Crippen LogP contribution in [0, 0.1) is 12.7 Å². The summed E-state index contributed by atoms with van der Waals surface area (Å²) in [7, 11) is 0. The van der Waals surface area contributed by atoms with Gasteiger partial charge in [-0.15, -0.1) is 0 Å².